The van der Waals surface area contributed by atoms with Crippen LogP contribution in [0, 0.1) is 0 Å². The van der Waals surface area contributed by atoms with Crippen LogP contribution in [0.4, 0.5) is 0 Å². The van der Waals surface area contributed by atoms with E-state index >= 15 is 0 Å². The van der Waals surface area contributed by atoms with Crippen LogP contribution >= 0.6 is 11.6 Å². The van der Waals surface area contributed by atoms with Gasteiger partial charge < -0.3 is 0 Å². The molecule has 0 aromatic heterocycles. The minimum atomic E-state index is -1.13. The van der Waals surface area contributed by atoms with Gasteiger partial charge in [0.2, 0.25) is 0 Å². The maximum absolute atomic E-state index is 11.9. The van der Waals surface area contributed by atoms with Crippen molar-refractivity contribution in [3.05, 3.63) is 30.3 Å². The molecule has 0 spiro atoms. The van der Waals surface area contributed by atoms with E-state index in [1.54, 1.807) is 0 Å². The van der Waals surface area contributed by atoms with Crippen molar-refractivity contribution in [3.63, 3.8) is 0 Å². The summed E-state index contributed by atoms with van der Waals surface area (Å²) in [7, 11) is -1.13. The van der Waals surface area contributed by atoms with Gasteiger partial charge in [-0.2, -0.15) is 0 Å². The summed E-state index contributed by atoms with van der Waals surface area (Å²) >= 11 is 6.11. The standard InChI is InChI=1S/C11H14ClNOS/c12-10-7-4-8-11(10)13-15(14)9-5-2-1-3-6-9/h1-3,5-6,10-11,13H,4,7-8H2. The minimum absolute atomic E-state index is 0.123. The first-order valence-corrected chi connectivity index (χ1v) is 6.73. The van der Waals surface area contributed by atoms with E-state index in [0.29, 0.717) is 0 Å². The van der Waals surface area contributed by atoms with Gasteiger partial charge in [-0.05, 0) is 25.0 Å². The zero-order chi connectivity index (χ0) is 10.7. The van der Waals surface area contributed by atoms with E-state index in [1.165, 1.54) is 0 Å². The molecule has 82 valence electrons. The second kappa shape index (κ2) is 5.10. The summed E-state index contributed by atoms with van der Waals surface area (Å²) < 4.78 is 15.0. The van der Waals surface area contributed by atoms with Gasteiger partial charge in [-0.3, -0.25) is 0 Å². The Kier molecular flexibility index (Phi) is 3.78. The zero-order valence-electron chi connectivity index (χ0n) is 8.36. The lowest BCUT2D eigenvalue weighted by Crippen LogP contribution is -2.34. The van der Waals surface area contributed by atoms with Gasteiger partial charge in [0.15, 0.2) is 0 Å². The molecule has 0 amide bonds. The van der Waals surface area contributed by atoms with Crippen LogP contribution in [0.3, 0.4) is 0 Å². The molecule has 2 rings (SSSR count). The molecule has 1 N–H and O–H groups in total. The number of rotatable bonds is 3. The smallest absolute Gasteiger partial charge is 0.125 e. The van der Waals surface area contributed by atoms with Crippen LogP contribution in [0.15, 0.2) is 35.2 Å². The molecule has 1 aromatic carbocycles. The first-order chi connectivity index (χ1) is 7.27. The Hall–Kier alpha value is -0.380. The third-order valence-corrected chi connectivity index (χ3v) is 4.39. The third-order valence-electron chi connectivity index (χ3n) is 2.65. The highest BCUT2D eigenvalue weighted by Gasteiger charge is 2.26. The van der Waals surface area contributed by atoms with E-state index in [1.807, 2.05) is 30.3 Å². The average molecular weight is 244 g/mol. The van der Waals surface area contributed by atoms with Crippen LogP contribution in [0.5, 0.6) is 0 Å². The number of alkyl halides is 1. The molecule has 2 nitrogen and oxygen atoms in total. The number of benzene rings is 1. The van der Waals surface area contributed by atoms with Crippen molar-refractivity contribution in [3.8, 4) is 0 Å². The molecule has 1 saturated carbocycles. The highest BCUT2D eigenvalue weighted by molar-refractivity contribution is 7.83. The van der Waals surface area contributed by atoms with Crippen LogP contribution in [0.1, 0.15) is 19.3 Å². The second-order valence-corrected chi connectivity index (χ2v) is 5.56. The Morgan fingerprint density at radius 2 is 2.00 bits per heavy atom. The Morgan fingerprint density at radius 3 is 2.60 bits per heavy atom. The van der Waals surface area contributed by atoms with E-state index in [4.69, 9.17) is 11.6 Å². The van der Waals surface area contributed by atoms with Crippen molar-refractivity contribution in [1.29, 1.82) is 0 Å². The summed E-state index contributed by atoms with van der Waals surface area (Å²) in [5.41, 5.74) is 0. The lowest BCUT2D eigenvalue weighted by molar-refractivity contribution is 0.620. The fourth-order valence-electron chi connectivity index (χ4n) is 1.80. The first kappa shape index (κ1) is 11.1. The van der Waals surface area contributed by atoms with Gasteiger partial charge in [-0.15, -0.1) is 11.6 Å². The van der Waals surface area contributed by atoms with Crippen LogP contribution in [0.2, 0.25) is 0 Å². The highest BCUT2D eigenvalue weighted by Crippen LogP contribution is 2.24. The molecule has 3 unspecified atom stereocenters. The highest BCUT2D eigenvalue weighted by atomic mass is 35.5. The molecule has 1 aliphatic carbocycles. The molecule has 15 heavy (non-hydrogen) atoms. The summed E-state index contributed by atoms with van der Waals surface area (Å²) in [4.78, 5) is 0.813. The SMILES string of the molecule is O=S(NC1CCCC1Cl)c1ccccc1. The van der Waals surface area contributed by atoms with Crippen molar-refractivity contribution in [2.45, 2.75) is 35.6 Å². The number of nitrogens with one attached hydrogen (secondary N) is 1. The van der Waals surface area contributed by atoms with Gasteiger partial charge >= 0.3 is 0 Å². The predicted molar refractivity (Wildman–Crippen MR) is 63.3 cm³/mol. The van der Waals surface area contributed by atoms with Crippen LogP contribution in [0.25, 0.3) is 0 Å². The molecule has 1 aliphatic rings. The van der Waals surface area contributed by atoms with Crippen molar-refractivity contribution < 1.29 is 4.21 Å². The fraction of sp³-hybridized carbons (Fsp3) is 0.455. The summed E-state index contributed by atoms with van der Waals surface area (Å²) in [6.07, 6.45) is 3.16. The van der Waals surface area contributed by atoms with E-state index in [2.05, 4.69) is 4.72 Å². The minimum Gasteiger partial charge on any atom is -0.237 e. The normalized spacial score (nSPS) is 27.8. The molecule has 0 bridgehead atoms. The molecule has 0 saturated heterocycles. The largest absolute Gasteiger partial charge is 0.237 e. The Morgan fingerprint density at radius 1 is 1.27 bits per heavy atom. The maximum atomic E-state index is 11.9. The lowest BCUT2D eigenvalue weighted by Gasteiger charge is -2.14. The molecule has 1 aromatic rings. The summed E-state index contributed by atoms with van der Waals surface area (Å²) in [6.45, 7) is 0. The second-order valence-electron chi connectivity index (χ2n) is 3.75. The monoisotopic (exact) mass is 243 g/mol. The van der Waals surface area contributed by atoms with Crippen molar-refractivity contribution >= 4 is 22.6 Å². The quantitative estimate of drug-likeness (QED) is 0.812. The maximum Gasteiger partial charge on any atom is 0.125 e. The first-order valence-electron chi connectivity index (χ1n) is 5.14. The molecule has 3 atom stereocenters. The predicted octanol–water partition coefficient (Wildman–Crippen LogP) is 2.46. The fourth-order valence-corrected chi connectivity index (χ4v) is 3.31. The van der Waals surface area contributed by atoms with Crippen LogP contribution < -0.4 is 4.72 Å². The van der Waals surface area contributed by atoms with Crippen LogP contribution in [-0.4, -0.2) is 15.6 Å². The van der Waals surface area contributed by atoms with Crippen LogP contribution in [-0.2, 0) is 11.0 Å². The molecule has 0 radical (unpaired) electrons. The van der Waals surface area contributed by atoms with Crippen molar-refractivity contribution in [2.75, 3.05) is 0 Å². The molecule has 0 heterocycles. The number of hydrogen-bond donors (Lipinski definition) is 1. The Balaban J connectivity index is 1.98. The van der Waals surface area contributed by atoms with Crippen molar-refractivity contribution in [2.24, 2.45) is 0 Å². The number of halogens is 1. The van der Waals surface area contributed by atoms with E-state index in [0.717, 1.165) is 24.2 Å². The molecule has 1 fully saturated rings. The Labute approximate surface area is 97.6 Å². The summed E-state index contributed by atoms with van der Waals surface area (Å²) in [6, 6.07) is 9.61. The van der Waals surface area contributed by atoms with Gasteiger partial charge in [0.25, 0.3) is 0 Å². The number of hydrogen-bond acceptors (Lipinski definition) is 1. The molecule has 0 aliphatic heterocycles. The third kappa shape index (κ3) is 2.80. The summed E-state index contributed by atoms with van der Waals surface area (Å²) in [5.74, 6) is 0. The molecule has 4 heteroatoms. The van der Waals surface area contributed by atoms with E-state index < -0.39 is 11.0 Å². The van der Waals surface area contributed by atoms with Crippen molar-refractivity contribution in [1.82, 2.24) is 4.72 Å². The van der Waals surface area contributed by atoms with E-state index in [9.17, 15) is 4.21 Å². The lowest BCUT2D eigenvalue weighted by atomic mass is 10.3. The van der Waals surface area contributed by atoms with Gasteiger partial charge in [0.1, 0.15) is 11.0 Å². The van der Waals surface area contributed by atoms with Gasteiger partial charge in [0, 0.05) is 11.4 Å². The van der Waals surface area contributed by atoms with Gasteiger partial charge in [-0.25, -0.2) is 8.93 Å². The summed E-state index contributed by atoms with van der Waals surface area (Å²) in [5, 5.41) is 0.123. The van der Waals surface area contributed by atoms with Gasteiger partial charge in [-0.1, -0.05) is 24.6 Å². The average Bonchev–Trinajstić information content (AvgIpc) is 2.66. The van der Waals surface area contributed by atoms with E-state index in [-0.39, 0.29) is 11.4 Å². The topological polar surface area (TPSA) is 29.1 Å². The van der Waals surface area contributed by atoms with Gasteiger partial charge in [0.05, 0.1) is 4.90 Å². The molecular formula is C11H14ClNOS. The Bertz CT molecular complexity index is 344. The molecular weight excluding hydrogens is 230 g/mol. The zero-order valence-corrected chi connectivity index (χ0v) is 9.93.